The third-order valence-electron chi connectivity index (χ3n) is 4.89. The zero-order valence-electron chi connectivity index (χ0n) is 17.1. The fourth-order valence-corrected chi connectivity index (χ4v) is 3.15. The largest absolute Gasteiger partial charge is 0.338 e. The average molecular weight is 400 g/mol. The molecule has 1 unspecified atom stereocenters. The molecule has 1 aliphatic heterocycles. The van der Waals surface area contributed by atoms with Gasteiger partial charge in [-0.05, 0) is 35.4 Å². The number of aromatic nitrogens is 4. The first-order valence-electron chi connectivity index (χ1n) is 9.87. The topological polar surface area (TPSA) is 108 Å². The van der Waals surface area contributed by atoms with Gasteiger partial charge in [0.2, 0.25) is 11.9 Å². The summed E-state index contributed by atoms with van der Waals surface area (Å²) in [4.78, 5) is 28.4. The highest BCUT2D eigenvalue weighted by atomic mass is 16.2. The molecular weight excluding hydrogens is 372 g/mol. The fourth-order valence-electron chi connectivity index (χ4n) is 3.15. The molecule has 1 saturated heterocycles. The summed E-state index contributed by atoms with van der Waals surface area (Å²) in [5.41, 5.74) is 0.898. The number of carbonyl (C=O) groups excluding carboxylic acids is 2. The lowest BCUT2D eigenvalue weighted by Crippen LogP contribution is -2.56. The minimum atomic E-state index is -0.448. The number of hydrogen-bond donors (Lipinski definition) is 2. The Morgan fingerprint density at radius 3 is 2.41 bits per heavy atom. The smallest absolute Gasteiger partial charge is 0.321 e. The van der Waals surface area contributed by atoms with Crippen molar-refractivity contribution in [3.8, 4) is 5.69 Å². The van der Waals surface area contributed by atoms with E-state index in [0.29, 0.717) is 44.6 Å². The van der Waals surface area contributed by atoms with Gasteiger partial charge in [-0.1, -0.05) is 37.1 Å². The number of piperazine rings is 1. The molecule has 0 saturated carbocycles. The molecule has 3 rings (SSSR count). The third-order valence-corrected chi connectivity index (χ3v) is 4.89. The van der Waals surface area contributed by atoms with Crippen molar-refractivity contribution in [2.75, 3.05) is 37.6 Å². The molecule has 156 valence electrons. The molecule has 2 heterocycles. The normalized spacial score (nSPS) is 15.9. The van der Waals surface area contributed by atoms with Gasteiger partial charge < -0.3 is 10.2 Å². The lowest BCUT2D eigenvalue weighted by atomic mass is 10.2. The fraction of sp³-hybridized carbons (Fsp3) is 0.526. The maximum Gasteiger partial charge on any atom is 0.321 e. The minimum absolute atomic E-state index is 0.297. The lowest BCUT2D eigenvalue weighted by Gasteiger charge is -2.37. The Morgan fingerprint density at radius 1 is 1.07 bits per heavy atom. The molecule has 1 aliphatic rings. The molecular formula is C19H28N8O2. The van der Waals surface area contributed by atoms with Crippen LogP contribution in [-0.2, 0) is 4.79 Å². The summed E-state index contributed by atoms with van der Waals surface area (Å²) in [6.07, 6.45) is 0. The van der Waals surface area contributed by atoms with Gasteiger partial charge in [0.05, 0.1) is 11.7 Å². The van der Waals surface area contributed by atoms with Gasteiger partial charge in [-0.2, -0.15) is 4.68 Å². The summed E-state index contributed by atoms with van der Waals surface area (Å²) in [7, 11) is 0. The minimum Gasteiger partial charge on any atom is -0.338 e. The monoisotopic (exact) mass is 400 g/mol. The third kappa shape index (κ3) is 5.29. The standard InChI is InChI=1S/C19H28N8O2/c1-14(2)13-20-18(29)21-17(28)15(3)25-9-11-26(12-10-25)19-22-23-24-27(19)16-7-5-4-6-8-16/h4-8,14-15H,9-13H2,1-3H3,(H2,20,21,28,29). The van der Waals surface area contributed by atoms with Gasteiger partial charge in [-0.25, -0.2) is 4.79 Å². The highest BCUT2D eigenvalue weighted by molar-refractivity contribution is 5.96. The predicted molar refractivity (Wildman–Crippen MR) is 109 cm³/mol. The summed E-state index contributed by atoms with van der Waals surface area (Å²) in [6.45, 7) is 9.05. The number of imide groups is 1. The number of benzene rings is 1. The van der Waals surface area contributed by atoms with E-state index in [9.17, 15) is 9.59 Å². The second-order valence-corrected chi connectivity index (χ2v) is 7.52. The van der Waals surface area contributed by atoms with Gasteiger partial charge in [0.25, 0.3) is 0 Å². The van der Waals surface area contributed by atoms with Crippen molar-refractivity contribution in [1.29, 1.82) is 0 Å². The molecule has 1 atom stereocenters. The van der Waals surface area contributed by atoms with E-state index in [1.165, 1.54) is 0 Å². The SMILES string of the molecule is CC(C)CNC(=O)NC(=O)C(C)N1CCN(c2nnnn2-c2ccccc2)CC1. The van der Waals surface area contributed by atoms with Gasteiger partial charge in [-0.15, -0.1) is 0 Å². The van der Waals surface area contributed by atoms with Crippen molar-refractivity contribution in [3.05, 3.63) is 30.3 Å². The predicted octanol–water partition coefficient (Wildman–Crippen LogP) is 0.655. The van der Waals surface area contributed by atoms with Crippen molar-refractivity contribution in [2.45, 2.75) is 26.8 Å². The van der Waals surface area contributed by atoms with E-state index in [1.54, 1.807) is 4.68 Å². The van der Waals surface area contributed by atoms with Gasteiger partial charge in [-0.3, -0.25) is 15.0 Å². The van der Waals surface area contributed by atoms with Crippen molar-refractivity contribution in [3.63, 3.8) is 0 Å². The Bertz CT molecular complexity index is 815. The van der Waals surface area contributed by atoms with E-state index in [4.69, 9.17) is 0 Å². The quantitative estimate of drug-likeness (QED) is 0.733. The second kappa shape index (κ2) is 9.46. The molecule has 10 heteroatoms. The van der Waals surface area contributed by atoms with E-state index in [-0.39, 0.29) is 5.91 Å². The molecule has 3 amide bonds. The van der Waals surface area contributed by atoms with Crippen molar-refractivity contribution < 1.29 is 9.59 Å². The second-order valence-electron chi connectivity index (χ2n) is 7.52. The first kappa shape index (κ1) is 20.7. The maximum atomic E-state index is 12.4. The first-order valence-corrected chi connectivity index (χ1v) is 9.87. The molecule has 29 heavy (non-hydrogen) atoms. The molecule has 1 fully saturated rings. The maximum absolute atomic E-state index is 12.4. The van der Waals surface area contributed by atoms with Gasteiger partial charge >= 0.3 is 6.03 Å². The molecule has 0 aliphatic carbocycles. The molecule has 0 radical (unpaired) electrons. The number of rotatable bonds is 6. The van der Waals surface area contributed by atoms with Crippen LogP contribution in [0.5, 0.6) is 0 Å². The van der Waals surface area contributed by atoms with Gasteiger partial charge in [0.1, 0.15) is 0 Å². The summed E-state index contributed by atoms with van der Waals surface area (Å²) in [5.74, 6) is 0.712. The Kier molecular flexibility index (Phi) is 6.76. The van der Waals surface area contributed by atoms with Crippen LogP contribution in [0.25, 0.3) is 5.69 Å². The average Bonchev–Trinajstić information content (AvgIpc) is 3.22. The zero-order chi connectivity index (χ0) is 20.8. The lowest BCUT2D eigenvalue weighted by molar-refractivity contribution is -0.124. The molecule has 1 aromatic heterocycles. The molecule has 0 bridgehead atoms. The van der Waals surface area contributed by atoms with Crippen molar-refractivity contribution >= 4 is 17.9 Å². The number of carbonyl (C=O) groups is 2. The van der Waals surface area contributed by atoms with Crippen LogP contribution < -0.4 is 15.5 Å². The summed E-state index contributed by atoms with van der Waals surface area (Å²) in [6, 6.07) is 8.89. The highest BCUT2D eigenvalue weighted by Gasteiger charge is 2.28. The van der Waals surface area contributed by atoms with Crippen molar-refractivity contribution in [1.82, 2.24) is 35.7 Å². The Balaban J connectivity index is 1.54. The highest BCUT2D eigenvalue weighted by Crippen LogP contribution is 2.17. The van der Waals surface area contributed by atoms with E-state index in [0.717, 1.165) is 5.69 Å². The van der Waals surface area contributed by atoms with Crippen LogP contribution in [0.4, 0.5) is 10.7 Å². The van der Waals surface area contributed by atoms with Crippen LogP contribution in [0, 0.1) is 5.92 Å². The Labute approximate surface area is 170 Å². The number of amides is 3. The number of hydrogen-bond acceptors (Lipinski definition) is 7. The molecule has 1 aromatic carbocycles. The Hall–Kier alpha value is -3.01. The number of nitrogens with one attached hydrogen (secondary N) is 2. The van der Waals surface area contributed by atoms with E-state index in [1.807, 2.05) is 51.1 Å². The van der Waals surface area contributed by atoms with Crippen LogP contribution >= 0.6 is 0 Å². The van der Waals surface area contributed by atoms with Gasteiger partial charge in [0.15, 0.2) is 0 Å². The summed E-state index contributed by atoms with van der Waals surface area (Å²) < 4.78 is 1.71. The zero-order valence-corrected chi connectivity index (χ0v) is 17.1. The number of para-hydroxylation sites is 1. The summed E-state index contributed by atoms with van der Waals surface area (Å²) >= 11 is 0. The van der Waals surface area contributed by atoms with Crippen LogP contribution in [0.15, 0.2) is 30.3 Å². The number of anilines is 1. The molecule has 2 N–H and O–H groups in total. The summed E-state index contributed by atoms with van der Waals surface area (Å²) in [5, 5.41) is 17.2. The number of tetrazole rings is 1. The first-order chi connectivity index (χ1) is 14.0. The van der Waals surface area contributed by atoms with Crippen LogP contribution in [-0.4, -0.2) is 75.8 Å². The van der Waals surface area contributed by atoms with Crippen LogP contribution in [0.3, 0.4) is 0 Å². The van der Waals surface area contributed by atoms with E-state index < -0.39 is 12.1 Å². The van der Waals surface area contributed by atoms with E-state index in [2.05, 4.69) is 36.0 Å². The Morgan fingerprint density at radius 2 is 1.76 bits per heavy atom. The molecule has 0 spiro atoms. The number of nitrogens with zero attached hydrogens (tertiary/aromatic N) is 6. The van der Waals surface area contributed by atoms with Gasteiger partial charge in [0, 0.05) is 32.7 Å². The van der Waals surface area contributed by atoms with Crippen LogP contribution in [0.2, 0.25) is 0 Å². The van der Waals surface area contributed by atoms with E-state index >= 15 is 0 Å². The number of urea groups is 1. The molecule has 10 nitrogen and oxygen atoms in total. The van der Waals surface area contributed by atoms with Crippen LogP contribution in [0.1, 0.15) is 20.8 Å². The molecule has 2 aromatic rings. The van der Waals surface area contributed by atoms with Crippen molar-refractivity contribution in [2.24, 2.45) is 5.92 Å².